The van der Waals surface area contributed by atoms with Crippen molar-refractivity contribution in [3.8, 4) is 11.1 Å². The van der Waals surface area contributed by atoms with Gasteiger partial charge in [-0.3, -0.25) is 9.69 Å². The summed E-state index contributed by atoms with van der Waals surface area (Å²) in [4.78, 5) is 20.0. The van der Waals surface area contributed by atoms with Gasteiger partial charge in [-0.1, -0.05) is 12.1 Å². The van der Waals surface area contributed by atoms with Gasteiger partial charge in [0.05, 0.1) is 0 Å². The molecule has 7 heteroatoms. The van der Waals surface area contributed by atoms with E-state index in [0.29, 0.717) is 11.6 Å². The van der Waals surface area contributed by atoms with E-state index in [-0.39, 0.29) is 5.91 Å². The maximum atomic E-state index is 12.4. The molecule has 0 radical (unpaired) electrons. The summed E-state index contributed by atoms with van der Waals surface area (Å²) in [6.45, 7) is 13.4. The predicted octanol–water partition coefficient (Wildman–Crippen LogP) is 3.64. The van der Waals surface area contributed by atoms with Crippen LogP contribution in [0.1, 0.15) is 48.5 Å². The highest BCUT2D eigenvalue weighted by atomic mass is 16.5. The first kappa shape index (κ1) is 26.0. The number of amides is 1. The fourth-order valence-corrected chi connectivity index (χ4v) is 6.42. The van der Waals surface area contributed by atoms with Crippen LogP contribution in [0.2, 0.25) is 0 Å². The molecule has 3 heterocycles. The number of anilines is 2. The second-order valence-electron chi connectivity index (χ2n) is 10.7. The predicted molar refractivity (Wildman–Crippen MR) is 152 cm³/mol. The van der Waals surface area contributed by atoms with E-state index in [1.807, 2.05) is 13.0 Å². The number of primary amides is 1. The van der Waals surface area contributed by atoms with E-state index in [4.69, 9.17) is 10.5 Å². The Morgan fingerprint density at radius 3 is 2.30 bits per heavy atom. The van der Waals surface area contributed by atoms with Crippen LogP contribution in [0.5, 0.6) is 0 Å². The molecular weight excluding hydrogens is 462 g/mol. The lowest BCUT2D eigenvalue weighted by Crippen LogP contribution is -2.52. The van der Waals surface area contributed by atoms with E-state index in [0.717, 1.165) is 100 Å². The highest BCUT2D eigenvalue weighted by molar-refractivity contribution is 5.97. The first-order valence-electron chi connectivity index (χ1n) is 14.1. The zero-order valence-electron chi connectivity index (χ0n) is 22.5. The van der Waals surface area contributed by atoms with Crippen LogP contribution in [0.3, 0.4) is 0 Å². The van der Waals surface area contributed by atoms with Gasteiger partial charge in [-0.25, -0.2) is 0 Å². The quantitative estimate of drug-likeness (QED) is 0.599. The zero-order chi connectivity index (χ0) is 25.8. The largest absolute Gasteiger partial charge is 0.381 e. The van der Waals surface area contributed by atoms with Crippen molar-refractivity contribution < 1.29 is 9.53 Å². The van der Waals surface area contributed by atoms with Crippen LogP contribution < -0.4 is 20.9 Å². The molecule has 0 spiro atoms. The standard InChI is InChI=1S/C30H43N5O2/c1-3-35(27-10-18-37-19-11-27)29-21-24(20-28(22(29)2)30(31)36)23-4-6-25(7-5-23)33-14-16-34(17-15-33)26-8-12-32-13-9-26/h4-7,20-21,26-27,32H,3,8-19H2,1-2H3,(H2,31,36). The molecule has 2 aromatic rings. The minimum absolute atomic E-state index is 0.369. The average Bonchev–Trinajstić information content (AvgIpc) is 2.95. The van der Waals surface area contributed by atoms with Gasteiger partial charge in [0, 0.05) is 75.0 Å². The topological polar surface area (TPSA) is 74.1 Å². The highest BCUT2D eigenvalue weighted by Gasteiger charge is 2.26. The normalized spacial score (nSPS) is 20.2. The van der Waals surface area contributed by atoms with E-state index in [1.165, 1.54) is 18.5 Å². The van der Waals surface area contributed by atoms with Crippen molar-refractivity contribution >= 4 is 17.3 Å². The molecule has 37 heavy (non-hydrogen) atoms. The van der Waals surface area contributed by atoms with Gasteiger partial charge >= 0.3 is 0 Å². The van der Waals surface area contributed by atoms with Crippen molar-refractivity contribution in [3.63, 3.8) is 0 Å². The van der Waals surface area contributed by atoms with E-state index in [2.05, 4.69) is 57.3 Å². The molecule has 3 aliphatic heterocycles. The molecule has 0 aliphatic carbocycles. The summed E-state index contributed by atoms with van der Waals surface area (Å²) in [5, 5.41) is 3.48. The van der Waals surface area contributed by atoms with Gasteiger partial charge in [-0.05, 0) is 93.6 Å². The van der Waals surface area contributed by atoms with Gasteiger partial charge in [0.25, 0.3) is 0 Å². The van der Waals surface area contributed by atoms with E-state index in [9.17, 15) is 4.79 Å². The lowest BCUT2D eigenvalue weighted by molar-refractivity contribution is 0.0846. The lowest BCUT2D eigenvalue weighted by Gasteiger charge is -2.41. The molecule has 7 nitrogen and oxygen atoms in total. The molecule has 5 rings (SSSR count). The van der Waals surface area contributed by atoms with E-state index < -0.39 is 0 Å². The van der Waals surface area contributed by atoms with Crippen LogP contribution in [-0.2, 0) is 4.74 Å². The summed E-state index contributed by atoms with van der Waals surface area (Å²) in [7, 11) is 0. The number of carbonyl (C=O) groups excluding carboxylic acids is 1. The molecule has 0 atom stereocenters. The molecule has 200 valence electrons. The first-order chi connectivity index (χ1) is 18.0. The molecule has 0 aromatic heterocycles. The van der Waals surface area contributed by atoms with Crippen molar-refractivity contribution in [1.82, 2.24) is 10.2 Å². The van der Waals surface area contributed by atoms with Gasteiger partial charge in [0.2, 0.25) is 5.91 Å². The number of nitrogens with zero attached hydrogens (tertiary/aromatic N) is 3. The molecule has 1 amide bonds. The van der Waals surface area contributed by atoms with Gasteiger partial charge in [0.1, 0.15) is 0 Å². The lowest BCUT2D eigenvalue weighted by atomic mass is 9.95. The molecule has 0 bridgehead atoms. The molecule has 3 aliphatic rings. The Bertz CT molecular complexity index is 1050. The van der Waals surface area contributed by atoms with E-state index >= 15 is 0 Å². The van der Waals surface area contributed by atoms with Crippen LogP contribution in [0.15, 0.2) is 36.4 Å². The van der Waals surface area contributed by atoms with Crippen molar-refractivity contribution in [3.05, 3.63) is 47.5 Å². The smallest absolute Gasteiger partial charge is 0.249 e. The van der Waals surface area contributed by atoms with Gasteiger partial charge < -0.3 is 25.6 Å². The Kier molecular flexibility index (Phi) is 8.33. The third kappa shape index (κ3) is 5.79. The fourth-order valence-electron chi connectivity index (χ4n) is 6.42. The van der Waals surface area contributed by atoms with Crippen LogP contribution >= 0.6 is 0 Å². The number of piperidine rings is 1. The summed E-state index contributed by atoms with van der Waals surface area (Å²) in [5.41, 5.74) is 12.0. The zero-order valence-corrected chi connectivity index (χ0v) is 22.5. The van der Waals surface area contributed by atoms with Crippen molar-refractivity contribution in [2.75, 3.05) is 68.8 Å². The number of hydrogen-bond donors (Lipinski definition) is 2. The Balaban J connectivity index is 1.34. The number of carbonyl (C=O) groups is 1. The monoisotopic (exact) mass is 505 g/mol. The Hall–Kier alpha value is -2.61. The van der Waals surface area contributed by atoms with Gasteiger partial charge in [-0.2, -0.15) is 0 Å². The van der Waals surface area contributed by atoms with Crippen LogP contribution in [0, 0.1) is 6.92 Å². The Morgan fingerprint density at radius 1 is 1.00 bits per heavy atom. The number of rotatable bonds is 7. The minimum atomic E-state index is -0.369. The number of nitrogens with two attached hydrogens (primary N) is 1. The molecule has 3 fully saturated rings. The van der Waals surface area contributed by atoms with Crippen molar-refractivity contribution in [2.45, 2.75) is 51.6 Å². The maximum Gasteiger partial charge on any atom is 0.249 e. The number of hydrogen-bond acceptors (Lipinski definition) is 6. The number of ether oxygens (including phenoxy) is 1. The molecule has 0 unspecified atom stereocenters. The average molecular weight is 506 g/mol. The van der Waals surface area contributed by atoms with Crippen molar-refractivity contribution in [2.24, 2.45) is 5.73 Å². The van der Waals surface area contributed by atoms with Gasteiger partial charge in [0.15, 0.2) is 0 Å². The van der Waals surface area contributed by atoms with E-state index in [1.54, 1.807) is 0 Å². The van der Waals surface area contributed by atoms with Crippen molar-refractivity contribution in [1.29, 1.82) is 0 Å². The second kappa shape index (κ2) is 11.8. The highest BCUT2D eigenvalue weighted by Crippen LogP contribution is 2.34. The molecule has 0 saturated carbocycles. The van der Waals surface area contributed by atoms with Crippen LogP contribution in [0.4, 0.5) is 11.4 Å². The maximum absolute atomic E-state index is 12.4. The van der Waals surface area contributed by atoms with Crippen LogP contribution in [0.25, 0.3) is 11.1 Å². The third-order valence-electron chi connectivity index (χ3n) is 8.63. The summed E-state index contributed by atoms with van der Waals surface area (Å²) < 4.78 is 5.60. The Labute approximate surface area is 221 Å². The summed E-state index contributed by atoms with van der Waals surface area (Å²) in [6, 6.07) is 14.2. The number of piperazine rings is 1. The molecule has 3 N–H and O–H groups in total. The minimum Gasteiger partial charge on any atom is -0.381 e. The third-order valence-corrected chi connectivity index (χ3v) is 8.63. The number of benzene rings is 2. The first-order valence-corrected chi connectivity index (χ1v) is 14.1. The molecule has 3 saturated heterocycles. The van der Waals surface area contributed by atoms with Gasteiger partial charge in [-0.15, -0.1) is 0 Å². The summed E-state index contributed by atoms with van der Waals surface area (Å²) in [6.07, 6.45) is 4.54. The molecule has 2 aromatic carbocycles. The SMILES string of the molecule is CCN(c1cc(-c2ccc(N3CCN(C4CCNCC4)CC3)cc2)cc(C(N)=O)c1C)C1CCOCC1. The summed E-state index contributed by atoms with van der Waals surface area (Å²) >= 11 is 0. The van der Waals surface area contributed by atoms with Crippen LogP contribution in [-0.4, -0.2) is 81.9 Å². The molecular formula is C30H43N5O2. The second-order valence-corrected chi connectivity index (χ2v) is 10.7. The fraction of sp³-hybridized carbons (Fsp3) is 0.567. The summed E-state index contributed by atoms with van der Waals surface area (Å²) in [5.74, 6) is -0.369. The Morgan fingerprint density at radius 2 is 1.68 bits per heavy atom. The number of nitrogens with one attached hydrogen (secondary N) is 1.